The Bertz CT molecular complexity index is 290. The van der Waals surface area contributed by atoms with Crippen LogP contribution in [-0.2, 0) is 9.59 Å². The van der Waals surface area contributed by atoms with E-state index in [0.717, 1.165) is 0 Å². The van der Waals surface area contributed by atoms with Crippen molar-refractivity contribution in [1.82, 2.24) is 4.90 Å². The Morgan fingerprint density at radius 2 is 1.94 bits per heavy atom. The zero-order valence-electron chi connectivity index (χ0n) is 10.4. The number of nitrogens with zero attached hydrogens (tertiary/aromatic N) is 1. The van der Waals surface area contributed by atoms with Crippen molar-refractivity contribution in [3.05, 3.63) is 0 Å². The number of carbonyl (C=O) groups excluding carboxylic acids is 1. The second kappa shape index (κ2) is 6.00. The lowest BCUT2D eigenvalue weighted by Crippen LogP contribution is -2.34. The first-order chi connectivity index (χ1) is 7.91. The van der Waals surface area contributed by atoms with Gasteiger partial charge in [0.05, 0.1) is 12.0 Å². The summed E-state index contributed by atoms with van der Waals surface area (Å²) in [5.74, 6) is -1.31. The molecule has 1 aliphatic carbocycles. The minimum Gasteiger partial charge on any atom is -0.481 e. The number of carboxylic acids is 1. The highest BCUT2D eigenvalue weighted by atomic mass is 16.4. The zero-order valence-corrected chi connectivity index (χ0v) is 10.4. The SMILES string of the molecule is CC(O)CCN(C)C(=O)[C@@H]1CC[C@H](C(=O)O)C1. The highest BCUT2D eigenvalue weighted by Crippen LogP contribution is 2.32. The standard InChI is InChI=1S/C12H21NO4/c1-8(14)5-6-13(2)11(15)9-3-4-10(7-9)12(16)17/h8-10,14H,3-7H2,1-2H3,(H,16,17)/t8?,9-,10+/m1/s1. The summed E-state index contributed by atoms with van der Waals surface area (Å²) < 4.78 is 0. The summed E-state index contributed by atoms with van der Waals surface area (Å²) in [5.41, 5.74) is 0. The van der Waals surface area contributed by atoms with Crippen LogP contribution in [0, 0.1) is 11.8 Å². The van der Waals surface area contributed by atoms with Crippen LogP contribution in [0.15, 0.2) is 0 Å². The van der Waals surface area contributed by atoms with Crippen molar-refractivity contribution >= 4 is 11.9 Å². The number of carbonyl (C=O) groups is 2. The molecule has 0 aromatic heterocycles. The van der Waals surface area contributed by atoms with Crippen molar-refractivity contribution in [2.45, 2.75) is 38.7 Å². The van der Waals surface area contributed by atoms with Gasteiger partial charge in [-0.3, -0.25) is 9.59 Å². The fourth-order valence-electron chi connectivity index (χ4n) is 2.23. The Morgan fingerprint density at radius 1 is 1.35 bits per heavy atom. The second-order valence-electron chi connectivity index (χ2n) is 4.94. The second-order valence-corrected chi connectivity index (χ2v) is 4.94. The van der Waals surface area contributed by atoms with Crippen LogP contribution in [0.1, 0.15) is 32.6 Å². The number of aliphatic carboxylic acids is 1. The fraction of sp³-hybridized carbons (Fsp3) is 0.833. The summed E-state index contributed by atoms with van der Waals surface area (Å²) >= 11 is 0. The van der Waals surface area contributed by atoms with Crippen molar-refractivity contribution < 1.29 is 19.8 Å². The third-order valence-electron chi connectivity index (χ3n) is 3.39. The van der Waals surface area contributed by atoms with Gasteiger partial charge in [-0.15, -0.1) is 0 Å². The molecule has 1 unspecified atom stereocenters. The zero-order chi connectivity index (χ0) is 13.0. The molecule has 1 aliphatic rings. The first-order valence-corrected chi connectivity index (χ1v) is 6.07. The van der Waals surface area contributed by atoms with E-state index in [2.05, 4.69) is 0 Å². The van der Waals surface area contributed by atoms with Gasteiger partial charge in [-0.2, -0.15) is 0 Å². The van der Waals surface area contributed by atoms with Gasteiger partial charge in [0.15, 0.2) is 0 Å². The van der Waals surface area contributed by atoms with E-state index in [1.807, 2.05) is 0 Å². The van der Waals surface area contributed by atoms with Crippen molar-refractivity contribution in [2.75, 3.05) is 13.6 Å². The normalized spacial score (nSPS) is 25.6. The van der Waals surface area contributed by atoms with E-state index in [1.54, 1.807) is 18.9 Å². The number of hydrogen-bond acceptors (Lipinski definition) is 3. The number of carboxylic acid groups (broad SMARTS) is 1. The van der Waals surface area contributed by atoms with Gasteiger partial charge in [0.1, 0.15) is 0 Å². The molecule has 17 heavy (non-hydrogen) atoms. The van der Waals surface area contributed by atoms with E-state index >= 15 is 0 Å². The van der Waals surface area contributed by atoms with Crippen LogP contribution < -0.4 is 0 Å². The molecule has 98 valence electrons. The molecule has 1 rings (SSSR count). The highest BCUT2D eigenvalue weighted by Gasteiger charge is 2.34. The molecule has 1 amide bonds. The largest absolute Gasteiger partial charge is 0.481 e. The quantitative estimate of drug-likeness (QED) is 0.745. The summed E-state index contributed by atoms with van der Waals surface area (Å²) in [6, 6.07) is 0. The predicted octanol–water partition coefficient (Wildman–Crippen LogP) is 0.717. The molecule has 0 aliphatic heterocycles. The van der Waals surface area contributed by atoms with Gasteiger partial charge in [0.25, 0.3) is 0 Å². The van der Waals surface area contributed by atoms with Gasteiger partial charge >= 0.3 is 5.97 Å². The summed E-state index contributed by atoms with van der Waals surface area (Å²) in [5, 5.41) is 18.0. The van der Waals surface area contributed by atoms with Crippen molar-refractivity contribution in [1.29, 1.82) is 0 Å². The minimum atomic E-state index is -0.799. The Labute approximate surface area is 101 Å². The first kappa shape index (κ1) is 14.0. The van der Waals surface area contributed by atoms with E-state index in [1.165, 1.54) is 0 Å². The number of aliphatic hydroxyl groups is 1. The third kappa shape index (κ3) is 4.00. The molecule has 0 saturated heterocycles. The molecule has 5 nitrogen and oxygen atoms in total. The third-order valence-corrected chi connectivity index (χ3v) is 3.39. The highest BCUT2D eigenvalue weighted by molar-refractivity contribution is 5.80. The Hall–Kier alpha value is -1.10. The number of hydrogen-bond donors (Lipinski definition) is 2. The van der Waals surface area contributed by atoms with E-state index in [4.69, 9.17) is 10.2 Å². The maximum atomic E-state index is 12.0. The summed E-state index contributed by atoms with van der Waals surface area (Å²) in [4.78, 5) is 24.4. The topological polar surface area (TPSA) is 77.8 Å². The summed E-state index contributed by atoms with van der Waals surface area (Å²) in [7, 11) is 1.71. The molecule has 2 N–H and O–H groups in total. The van der Waals surface area contributed by atoms with Crippen molar-refractivity contribution in [2.24, 2.45) is 11.8 Å². The van der Waals surface area contributed by atoms with Gasteiger partial charge in [-0.1, -0.05) is 0 Å². The molecule has 0 aromatic carbocycles. The number of amides is 1. The first-order valence-electron chi connectivity index (χ1n) is 6.07. The van der Waals surface area contributed by atoms with Gasteiger partial charge < -0.3 is 15.1 Å². The Balaban J connectivity index is 2.40. The maximum absolute atomic E-state index is 12.0. The average Bonchev–Trinajstić information content (AvgIpc) is 2.73. The van der Waals surface area contributed by atoms with Crippen LogP contribution in [0.5, 0.6) is 0 Å². The fourth-order valence-corrected chi connectivity index (χ4v) is 2.23. The molecule has 0 radical (unpaired) electrons. The van der Waals surface area contributed by atoms with Crippen LogP contribution in [0.25, 0.3) is 0 Å². The van der Waals surface area contributed by atoms with Crippen molar-refractivity contribution in [3.63, 3.8) is 0 Å². The molecule has 0 spiro atoms. The van der Waals surface area contributed by atoms with E-state index in [-0.39, 0.29) is 17.7 Å². The number of rotatable bonds is 5. The van der Waals surface area contributed by atoms with Gasteiger partial charge in [0, 0.05) is 19.5 Å². The molecule has 1 saturated carbocycles. The molecule has 1 fully saturated rings. The van der Waals surface area contributed by atoms with Crippen LogP contribution in [0.3, 0.4) is 0 Å². The average molecular weight is 243 g/mol. The Morgan fingerprint density at radius 3 is 2.41 bits per heavy atom. The van der Waals surface area contributed by atoms with Crippen LogP contribution in [0.2, 0.25) is 0 Å². The molecule has 0 heterocycles. The predicted molar refractivity (Wildman–Crippen MR) is 62.4 cm³/mol. The van der Waals surface area contributed by atoms with E-state index < -0.39 is 12.1 Å². The van der Waals surface area contributed by atoms with Crippen LogP contribution in [-0.4, -0.2) is 46.7 Å². The molecule has 0 aromatic rings. The molecule has 3 atom stereocenters. The van der Waals surface area contributed by atoms with Gasteiger partial charge in [-0.25, -0.2) is 0 Å². The van der Waals surface area contributed by atoms with E-state index in [0.29, 0.717) is 32.2 Å². The molecular formula is C12H21NO4. The lowest BCUT2D eigenvalue weighted by molar-refractivity contribution is -0.141. The minimum absolute atomic E-state index is 0.00870. The monoisotopic (exact) mass is 243 g/mol. The van der Waals surface area contributed by atoms with E-state index in [9.17, 15) is 9.59 Å². The molecule has 5 heteroatoms. The van der Waals surface area contributed by atoms with Crippen LogP contribution >= 0.6 is 0 Å². The van der Waals surface area contributed by atoms with Gasteiger partial charge in [0.2, 0.25) is 5.91 Å². The molecule has 0 bridgehead atoms. The lowest BCUT2D eigenvalue weighted by atomic mass is 10.0. The summed E-state index contributed by atoms with van der Waals surface area (Å²) in [6.07, 6.45) is 1.84. The lowest BCUT2D eigenvalue weighted by Gasteiger charge is -2.21. The van der Waals surface area contributed by atoms with Crippen molar-refractivity contribution in [3.8, 4) is 0 Å². The maximum Gasteiger partial charge on any atom is 0.306 e. The number of aliphatic hydroxyl groups excluding tert-OH is 1. The van der Waals surface area contributed by atoms with Gasteiger partial charge in [-0.05, 0) is 32.6 Å². The molecular weight excluding hydrogens is 222 g/mol. The summed E-state index contributed by atoms with van der Waals surface area (Å²) in [6.45, 7) is 2.21. The Kier molecular flexibility index (Phi) is 4.93. The van der Waals surface area contributed by atoms with Crippen LogP contribution in [0.4, 0.5) is 0 Å². The smallest absolute Gasteiger partial charge is 0.306 e.